The first kappa shape index (κ1) is 28.7. The number of allylic oxidation sites excluding steroid dienone is 1. The van der Waals surface area contributed by atoms with E-state index in [9.17, 15) is 9.18 Å². The molecule has 210 valence electrons. The lowest BCUT2D eigenvalue weighted by atomic mass is 9.96. The number of nitrogens with zero attached hydrogens (tertiary/aromatic N) is 3. The SMILES string of the molecule is C=CCOC(=O)C1=C(C)Nc2nc(SCc3ccccc3F)nn2C1c1ccc(OCc2ccc(Cl)cc2Cl)cc1. The molecule has 1 N–H and O–H groups in total. The Morgan fingerprint density at radius 1 is 1.15 bits per heavy atom. The highest BCUT2D eigenvalue weighted by atomic mass is 35.5. The van der Waals surface area contributed by atoms with Gasteiger partial charge in [-0.15, -0.1) is 5.10 Å². The monoisotopic (exact) mass is 610 g/mol. The number of hydrogen-bond acceptors (Lipinski definition) is 7. The van der Waals surface area contributed by atoms with Crippen LogP contribution >= 0.6 is 35.0 Å². The van der Waals surface area contributed by atoms with Gasteiger partial charge in [0.15, 0.2) is 0 Å². The summed E-state index contributed by atoms with van der Waals surface area (Å²) in [7, 11) is 0. The quantitative estimate of drug-likeness (QED) is 0.112. The molecule has 0 saturated heterocycles. The van der Waals surface area contributed by atoms with Crippen molar-refractivity contribution in [2.24, 2.45) is 0 Å². The second kappa shape index (κ2) is 12.8. The minimum absolute atomic E-state index is 0.0658. The number of anilines is 1. The molecular formula is C30H25Cl2FN4O3S. The fourth-order valence-electron chi connectivity index (χ4n) is 4.28. The normalized spacial score (nSPS) is 14.3. The Morgan fingerprint density at radius 3 is 2.66 bits per heavy atom. The standard InChI is InChI=1S/C30H25Cl2FN4O3S/c1-3-14-39-28(38)26-18(2)34-29-35-30(41-17-21-6-4-5-7-25(21)33)36-37(29)27(26)19-9-12-23(13-10-19)40-16-20-8-11-22(31)15-24(20)32/h3-13,15,27H,1,14,16-17H2,2H3,(H,34,35,36). The van der Waals surface area contributed by atoms with E-state index >= 15 is 0 Å². The molecule has 0 amide bonds. The molecule has 0 saturated carbocycles. The predicted molar refractivity (Wildman–Crippen MR) is 159 cm³/mol. The van der Waals surface area contributed by atoms with E-state index in [1.807, 2.05) is 30.3 Å². The van der Waals surface area contributed by atoms with E-state index < -0.39 is 12.0 Å². The Kier molecular flexibility index (Phi) is 8.97. The molecule has 41 heavy (non-hydrogen) atoms. The zero-order valence-electron chi connectivity index (χ0n) is 21.9. The van der Waals surface area contributed by atoms with Crippen LogP contribution < -0.4 is 10.1 Å². The van der Waals surface area contributed by atoms with Crippen LogP contribution in [0.3, 0.4) is 0 Å². The van der Waals surface area contributed by atoms with Gasteiger partial charge < -0.3 is 14.8 Å². The van der Waals surface area contributed by atoms with Crippen LogP contribution in [0.5, 0.6) is 5.75 Å². The van der Waals surface area contributed by atoms with E-state index in [0.29, 0.717) is 49.5 Å². The molecule has 11 heteroatoms. The van der Waals surface area contributed by atoms with Gasteiger partial charge in [0.05, 0.1) is 5.57 Å². The van der Waals surface area contributed by atoms with Crippen molar-refractivity contribution in [3.8, 4) is 5.75 Å². The van der Waals surface area contributed by atoms with Gasteiger partial charge in [-0.05, 0) is 48.4 Å². The smallest absolute Gasteiger partial charge is 0.338 e. The number of carbonyl (C=O) groups excluding carboxylic acids is 1. The van der Waals surface area contributed by atoms with Crippen molar-refractivity contribution in [3.05, 3.63) is 123 Å². The molecule has 0 aliphatic carbocycles. The third-order valence-corrected chi connectivity index (χ3v) is 7.78. The van der Waals surface area contributed by atoms with Crippen LogP contribution in [-0.4, -0.2) is 27.3 Å². The lowest BCUT2D eigenvalue weighted by Gasteiger charge is -2.28. The Labute approximate surface area is 251 Å². The number of thioether (sulfide) groups is 1. The van der Waals surface area contributed by atoms with Crippen molar-refractivity contribution in [3.63, 3.8) is 0 Å². The number of hydrogen-bond donors (Lipinski definition) is 1. The van der Waals surface area contributed by atoms with Gasteiger partial charge in [0, 0.05) is 27.1 Å². The van der Waals surface area contributed by atoms with Crippen LogP contribution in [0, 0.1) is 5.82 Å². The average Bonchev–Trinajstić information content (AvgIpc) is 3.37. The van der Waals surface area contributed by atoms with Crippen molar-refractivity contribution in [1.29, 1.82) is 0 Å². The second-order valence-electron chi connectivity index (χ2n) is 9.09. The van der Waals surface area contributed by atoms with Gasteiger partial charge in [-0.25, -0.2) is 13.9 Å². The largest absolute Gasteiger partial charge is 0.489 e. The van der Waals surface area contributed by atoms with E-state index in [1.165, 1.54) is 23.9 Å². The topological polar surface area (TPSA) is 78.3 Å². The van der Waals surface area contributed by atoms with Crippen molar-refractivity contribution in [2.45, 2.75) is 30.5 Å². The molecule has 0 fully saturated rings. The summed E-state index contributed by atoms with van der Waals surface area (Å²) in [6.45, 7) is 5.74. The fourth-order valence-corrected chi connectivity index (χ4v) is 5.56. The lowest BCUT2D eigenvalue weighted by Crippen LogP contribution is -2.29. The van der Waals surface area contributed by atoms with E-state index in [4.69, 9.17) is 32.7 Å². The van der Waals surface area contributed by atoms with Gasteiger partial charge in [0.25, 0.3) is 0 Å². The first-order valence-corrected chi connectivity index (χ1v) is 14.3. The highest BCUT2D eigenvalue weighted by molar-refractivity contribution is 7.98. The third-order valence-electron chi connectivity index (χ3n) is 6.31. The fraction of sp³-hybridized carbons (Fsp3) is 0.167. The summed E-state index contributed by atoms with van der Waals surface area (Å²) in [4.78, 5) is 17.8. The molecule has 7 nitrogen and oxygen atoms in total. The van der Waals surface area contributed by atoms with E-state index in [1.54, 1.807) is 41.9 Å². The molecular weight excluding hydrogens is 586 g/mol. The Balaban J connectivity index is 1.41. The molecule has 1 atom stereocenters. The van der Waals surface area contributed by atoms with Crippen LogP contribution in [0.15, 0.2) is 95.8 Å². The Morgan fingerprint density at radius 2 is 1.93 bits per heavy atom. The number of aromatic nitrogens is 3. The van der Waals surface area contributed by atoms with Crippen LogP contribution in [0.1, 0.15) is 29.7 Å². The molecule has 0 spiro atoms. The average molecular weight is 612 g/mol. The molecule has 1 aliphatic rings. The minimum Gasteiger partial charge on any atom is -0.489 e. The molecule has 3 aromatic carbocycles. The number of halogens is 3. The van der Waals surface area contributed by atoms with Gasteiger partial charge in [0.1, 0.15) is 30.8 Å². The number of esters is 1. The van der Waals surface area contributed by atoms with E-state index in [2.05, 4.69) is 22.0 Å². The molecule has 0 bridgehead atoms. The summed E-state index contributed by atoms with van der Waals surface area (Å²) in [5.74, 6) is 0.641. The van der Waals surface area contributed by atoms with Gasteiger partial charge in [-0.1, -0.05) is 84.0 Å². The van der Waals surface area contributed by atoms with Crippen molar-refractivity contribution in [2.75, 3.05) is 11.9 Å². The first-order valence-electron chi connectivity index (χ1n) is 12.6. The van der Waals surface area contributed by atoms with Gasteiger partial charge in [-0.3, -0.25) is 0 Å². The van der Waals surface area contributed by atoms with Crippen LogP contribution in [-0.2, 0) is 21.9 Å². The van der Waals surface area contributed by atoms with Gasteiger partial charge >= 0.3 is 5.97 Å². The first-order chi connectivity index (χ1) is 19.8. The van der Waals surface area contributed by atoms with Crippen molar-refractivity contribution >= 4 is 46.9 Å². The summed E-state index contributed by atoms with van der Waals surface area (Å²) in [6.07, 6.45) is 1.51. The third kappa shape index (κ3) is 6.59. The number of carbonyl (C=O) groups is 1. The molecule has 1 aliphatic heterocycles. The second-order valence-corrected chi connectivity index (χ2v) is 10.9. The summed E-state index contributed by atoms with van der Waals surface area (Å²) in [5, 5.41) is 9.36. The molecule has 1 unspecified atom stereocenters. The zero-order chi connectivity index (χ0) is 28.9. The molecule has 4 aromatic rings. The number of nitrogens with one attached hydrogen (secondary N) is 1. The van der Waals surface area contributed by atoms with Crippen molar-refractivity contribution < 1.29 is 18.7 Å². The highest BCUT2D eigenvalue weighted by Gasteiger charge is 2.35. The van der Waals surface area contributed by atoms with Crippen LogP contribution in [0.4, 0.5) is 10.3 Å². The summed E-state index contributed by atoms with van der Waals surface area (Å²) in [5.41, 5.74) is 3.10. The maximum absolute atomic E-state index is 14.2. The summed E-state index contributed by atoms with van der Waals surface area (Å²) in [6, 6.07) is 18.5. The number of fused-ring (bicyclic) bond motifs is 1. The van der Waals surface area contributed by atoms with Crippen LogP contribution in [0.2, 0.25) is 10.0 Å². The van der Waals surface area contributed by atoms with E-state index in [-0.39, 0.29) is 19.0 Å². The lowest BCUT2D eigenvalue weighted by molar-refractivity contribution is -0.138. The highest BCUT2D eigenvalue weighted by Crippen LogP contribution is 2.38. The molecule has 2 heterocycles. The summed E-state index contributed by atoms with van der Waals surface area (Å²) >= 11 is 13.6. The number of rotatable bonds is 10. The predicted octanol–water partition coefficient (Wildman–Crippen LogP) is 7.61. The zero-order valence-corrected chi connectivity index (χ0v) is 24.3. The summed E-state index contributed by atoms with van der Waals surface area (Å²) < 4.78 is 27.2. The van der Waals surface area contributed by atoms with E-state index in [0.717, 1.165) is 11.1 Å². The van der Waals surface area contributed by atoms with Gasteiger partial charge in [-0.2, -0.15) is 4.98 Å². The minimum atomic E-state index is -0.626. The maximum atomic E-state index is 14.2. The van der Waals surface area contributed by atoms with Crippen molar-refractivity contribution in [1.82, 2.24) is 14.8 Å². The molecule has 1 aromatic heterocycles. The Bertz CT molecular complexity index is 1620. The van der Waals surface area contributed by atoms with Gasteiger partial charge in [0.2, 0.25) is 11.1 Å². The Hall–Kier alpha value is -3.79. The molecule has 5 rings (SSSR count). The van der Waals surface area contributed by atoms with Crippen LogP contribution in [0.25, 0.3) is 0 Å². The maximum Gasteiger partial charge on any atom is 0.338 e. The molecule has 0 radical (unpaired) electrons. The number of ether oxygens (including phenoxy) is 2. The number of benzene rings is 3.